The van der Waals surface area contributed by atoms with Gasteiger partial charge in [-0.3, -0.25) is 4.84 Å². The molecule has 0 heterocycles. The molecule has 1 aromatic rings. The standard InChI is InChI=1S/C11H14BrNO3/c1-15-11(14)13(16-9-12)8-7-10-5-3-2-4-6-10/h2-6H,7-9H2,1H3. The molecule has 0 N–H and O–H groups in total. The fourth-order valence-electron chi connectivity index (χ4n) is 1.24. The number of halogens is 1. The third-order valence-corrected chi connectivity index (χ3v) is 2.23. The Hall–Kier alpha value is -1.07. The fourth-order valence-corrected chi connectivity index (χ4v) is 1.49. The van der Waals surface area contributed by atoms with E-state index >= 15 is 0 Å². The van der Waals surface area contributed by atoms with Crippen LogP contribution >= 0.6 is 15.9 Å². The molecule has 0 saturated heterocycles. The lowest BCUT2D eigenvalue weighted by molar-refractivity contribution is -0.111. The quantitative estimate of drug-likeness (QED) is 0.617. The summed E-state index contributed by atoms with van der Waals surface area (Å²) in [6.45, 7) is 0.461. The van der Waals surface area contributed by atoms with Crippen molar-refractivity contribution in [3.8, 4) is 0 Å². The molecule has 16 heavy (non-hydrogen) atoms. The van der Waals surface area contributed by atoms with Crippen molar-refractivity contribution in [3.05, 3.63) is 35.9 Å². The summed E-state index contributed by atoms with van der Waals surface area (Å²) < 4.78 is 4.59. The fraction of sp³-hybridized carbons (Fsp3) is 0.364. The van der Waals surface area contributed by atoms with E-state index in [-0.39, 0.29) is 5.52 Å². The summed E-state index contributed by atoms with van der Waals surface area (Å²) in [4.78, 5) is 16.4. The van der Waals surface area contributed by atoms with Gasteiger partial charge in [0.05, 0.1) is 13.7 Å². The lowest BCUT2D eigenvalue weighted by atomic mass is 10.1. The minimum Gasteiger partial charge on any atom is -0.451 e. The average Bonchev–Trinajstić information content (AvgIpc) is 2.34. The molecule has 0 spiro atoms. The SMILES string of the molecule is COC(=O)N(CCc1ccccc1)OCBr. The molecular formula is C11H14BrNO3. The van der Waals surface area contributed by atoms with Crippen LogP contribution in [0.1, 0.15) is 5.56 Å². The van der Waals surface area contributed by atoms with Crippen LogP contribution in [-0.2, 0) is 16.0 Å². The number of hydroxylamine groups is 2. The molecule has 0 radical (unpaired) electrons. The van der Waals surface area contributed by atoms with E-state index in [1.807, 2.05) is 30.3 Å². The van der Waals surface area contributed by atoms with Gasteiger partial charge in [-0.25, -0.2) is 4.79 Å². The summed E-state index contributed by atoms with van der Waals surface area (Å²) in [5.74, 6) is 0. The van der Waals surface area contributed by atoms with Crippen molar-refractivity contribution < 1.29 is 14.4 Å². The van der Waals surface area contributed by atoms with Crippen molar-refractivity contribution in [2.45, 2.75) is 6.42 Å². The van der Waals surface area contributed by atoms with Crippen molar-refractivity contribution in [1.29, 1.82) is 0 Å². The molecular weight excluding hydrogens is 274 g/mol. The van der Waals surface area contributed by atoms with Crippen LogP contribution in [0.4, 0.5) is 4.79 Å². The van der Waals surface area contributed by atoms with Crippen LogP contribution in [0.3, 0.4) is 0 Å². The number of ether oxygens (including phenoxy) is 1. The zero-order chi connectivity index (χ0) is 11.8. The number of nitrogens with zero attached hydrogens (tertiary/aromatic N) is 1. The topological polar surface area (TPSA) is 38.8 Å². The molecule has 4 nitrogen and oxygen atoms in total. The third kappa shape index (κ3) is 4.20. The van der Waals surface area contributed by atoms with E-state index in [0.29, 0.717) is 6.54 Å². The average molecular weight is 288 g/mol. The van der Waals surface area contributed by atoms with Crippen molar-refractivity contribution >= 4 is 22.0 Å². The van der Waals surface area contributed by atoms with E-state index in [0.717, 1.165) is 12.0 Å². The maximum atomic E-state index is 11.3. The monoisotopic (exact) mass is 287 g/mol. The van der Waals surface area contributed by atoms with Gasteiger partial charge in [0.1, 0.15) is 5.52 Å². The summed E-state index contributed by atoms with van der Waals surface area (Å²) in [5, 5.41) is 1.20. The smallest absolute Gasteiger partial charge is 0.433 e. The van der Waals surface area contributed by atoms with E-state index in [1.165, 1.54) is 12.2 Å². The summed E-state index contributed by atoms with van der Waals surface area (Å²) in [5.41, 5.74) is 1.41. The Kier molecular flexibility index (Phi) is 5.88. The molecule has 1 amide bonds. The Bertz CT molecular complexity index is 318. The molecule has 1 aromatic carbocycles. The maximum absolute atomic E-state index is 11.3. The zero-order valence-electron chi connectivity index (χ0n) is 9.06. The Morgan fingerprint density at radius 3 is 2.62 bits per heavy atom. The highest BCUT2D eigenvalue weighted by Crippen LogP contribution is 2.04. The van der Waals surface area contributed by atoms with E-state index in [9.17, 15) is 4.79 Å². The van der Waals surface area contributed by atoms with Gasteiger partial charge in [0.2, 0.25) is 0 Å². The number of hydrogen-bond acceptors (Lipinski definition) is 3. The molecule has 5 heteroatoms. The first-order chi connectivity index (χ1) is 7.77. The Morgan fingerprint density at radius 2 is 2.06 bits per heavy atom. The molecule has 0 aliphatic rings. The number of methoxy groups -OCH3 is 1. The van der Waals surface area contributed by atoms with Crippen molar-refractivity contribution in [3.63, 3.8) is 0 Å². The van der Waals surface area contributed by atoms with Gasteiger partial charge in [-0.1, -0.05) is 46.3 Å². The molecule has 0 unspecified atom stereocenters. The molecule has 1 rings (SSSR count). The molecule has 0 fully saturated rings. The van der Waals surface area contributed by atoms with Crippen LogP contribution in [0, 0.1) is 0 Å². The maximum Gasteiger partial charge on any atom is 0.433 e. The van der Waals surface area contributed by atoms with Gasteiger partial charge in [0, 0.05) is 0 Å². The van der Waals surface area contributed by atoms with Crippen LogP contribution < -0.4 is 0 Å². The zero-order valence-corrected chi connectivity index (χ0v) is 10.6. The van der Waals surface area contributed by atoms with Gasteiger partial charge in [-0.2, -0.15) is 5.06 Å². The Morgan fingerprint density at radius 1 is 1.38 bits per heavy atom. The van der Waals surface area contributed by atoms with E-state index in [2.05, 4.69) is 20.7 Å². The lowest BCUT2D eigenvalue weighted by Gasteiger charge is -2.18. The largest absolute Gasteiger partial charge is 0.451 e. The lowest BCUT2D eigenvalue weighted by Crippen LogP contribution is -2.32. The minimum atomic E-state index is -0.490. The first-order valence-corrected chi connectivity index (χ1v) is 5.98. The second kappa shape index (κ2) is 7.24. The number of rotatable bonds is 5. The summed E-state index contributed by atoms with van der Waals surface area (Å²) >= 11 is 3.10. The Labute approximate surface area is 103 Å². The predicted octanol–water partition coefficient (Wildman–Crippen LogP) is 2.58. The first-order valence-electron chi connectivity index (χ1n) is 4.86. The highest BCUT2D eigenvalue weighted by atomic mass is 79.9. The van der Waals surface area contributed by atoms with Crippen LogP contribution in [0.25, 0.3) is 0 Å². The first kappa shape index (κ1) is 13.0. The number of carbonyl (C=O) groups excluding carboxylic acids is 1. The summed E-state index contributed by atoms with van der Waals surface area (Å²) in [6.07, 6.45) is 0.235. The molecule has 0 atom stereocenters. The van der Waals surface area contributed by atoms with Crippen LogP contribution in [-0.4, -0.2) is 30.3 Å². The second-order valence-electron chi connectivity index (χ2n) is 3.05. The molecule has 0 bridgehead atoms. The second-order valence-corrected chi connectivity index (χ2v) is 3.50. The number of alkyl halides is 1. The van der Waals surface area contributed by atoms with E-state index in [4.69, 9.17) is 4.84 Å². The van der Waals surface area contributed by atoms with Crippen LogP contribution in [0.15, 0.2) is 30.3 Å². The molecule has 0 saturated carbocycles. The Balaban J connectivity index is 2.47. The van der Waals surface area contributed by atoms with E-state index < -0.39 is 6.09 Å². The summed E-state index contributed by atoms with van der Waals surface area (Å²) in [7, 11) is 1.33. The number of carbonyl (C=O) groups is 1. The van der Waals surface area contributed by atoms with Crippen molar-refractivity contribution in [2.75, 3.05) is 19.2 Å². The van der Waals surface area contributed by atoms with Crippen LogP contribution in [0.5, 0.6) is 0 Å². The predicted molar refractivity (Wildman–Crippen MR) is 64.1 cm³/mol. The number of hydrogen-bond donors (Lipinski definition) is 0. The highest BCUT2D eigenvalue weighted by Gasteiger charge is 2.13. The van der Waals surface area contributed by atoms with E-state index in [1.54, 1.807) is 0 Å². The minimum absolute atomic E-state index is 0.261. The number of amides is 1. The highest BCUT2D eigenvalue weighted by molar-refractivity contribution is 9.09. The molecule has 0 aliphatic carbocycles. The third-order valence-electron chi connectivity index (χ3n) is 2.03. The van der Waals surface area contributed by atoms with Gasteiger partial charge in [0.15, 0.2) is 0 Å². The van der Waals surface area contributed by atoms with Gasteiger partial charge in [-0.15, -0.1) is 0 Å². The van der Waals surface area contributed by atoms with Crippen molar-refractivity contribution in [2.24, 2.45) is 0 Å². The van der Waals surface area contributed by atoms with Gasteiger partial charge < -0.3 is 4.74 Å². The van der Waals surface area contributed by atoms with Crippen LogP contribution in [0.2, 0.25) is 0 Å². The van der Waals surface area contributed by atoms with Gasteiger partial charge in [0.25, 0.3) is 0 Å². The molecule has 88 valence electrons. The number of benzene rings is 1. The van der Waals surface area contributed by atoms with Gasteiger partial charge >= 0.3 is 6.09 Å². The normalized spacial score (nSPS) is 9.88. The summed E-state index contributed by atoms with van der Waals surface area (Å²) in [6, 6.07) is 9.88. The molecule has 0 aromatic heterocycles. The van der Waals surface area contributed by atoms with Gasteiger partial charge in [-0.05, 0) is 12.0 Å². The molecule has 0 aliphatic heterocycles. The van der Waals surface area contributed by atoms with Crippen molar-refractivity contribution in [1.82, 2.24) is 5.06 Å².